The van der Waals surface area contributed by atoms with Gasteiger partial charge >= 0.3 is 6.03 Å². The predicted octanol–water partition coefficient (Wildman–Crippen LogP) is 1.35. The Hall–Kier alpha value is -1.89. The molecule has 2 unspecified atom stereocenters. The second-order valence-corrected chi connectivity index (χ2v) is 6.34. The van der Waals surface area contributed by atoms with Crippen molar-refractivity contribution in [1.82, 2.24) is 15.1 Å². The van der Waals surface area contributed by atoms with Crippen LogP contribution in [0.1, 0.15) is 12.1 Å². The Bertz CT molecular complexity index is 563. The Labute approximate surface area is 130 Å². The lowest BCUT2D eigenvalue weighted by atomic mass is 9.89. The molecule has 2 saturated heterocycles. The van der Waals surface area contributed by atoms with Crippen LogP contribution in [0.3, 0.4) is 0 Å². The maximum atomic E-state index is 12.5. The summed E-state index contributed by atoms with van der Waals surface area (Å²) in [6, 6.07) is 1.78. The Morgan fingerprint density at radius 1 is 1.36 bits per heavy atom. The number of hydrogen-bond acceptors (Lipinski definition) is 5. The van der Waals surface area contributed by atoms with E-state index in [4.69, 9.17) is 4.74 Å². The molecule has 120 valence electrons. The quantitative estimate of drug-likeness (QED) is 0.893. The second kappa shape index (κ2) is 6.08. The first-order valence-electron chi connectivity index (χ1n) is 7.70. The van der Waals surface area contributed by atoms with Crippen molar-refractivity contribution in [2.24, 2.45) is 11.8 Å². The maximum absolute atomic E-state index is 12.5. The fraction of sp³-hybridized carbons (Fsp3) is 0.667. The van der Waals surface area contributed by atoms with E-state index in [1.165, 1.54) is 0 Å². The van der Waals surface area contributed by atoms with Crippen LogP contribution in [0.5, 0.6) is 0 Å². The molecule has 0 aromatic carbocycles. The third-order valence-electron chi connectivity index (χ3n) is 4.40. The molecule has 2 fully saturated rings. The molecule has 7 nitrogen and oxygen atoms in total. The van der Waals surface area contributed by atoms with Crippen LogP contribution in [0.25, 0.3) is 0 Å². The Morgan fingerprint density at radius 3 is 2.91 bits per heavy atom. The molecule has 3 rings (SSSR count). The molecule has 1 aromatic rings. The van der Waals surface area contributed by atoms with Gasteiger partial charge in [0.2, 0.25) is 0 Å². The van der Waals surface area contributed by atoms with E-state index >= 15 is 0 Å². The Kier molecular flexibility index (Phi) is 4.15. The number of nitrogens with zero attached hydrogens (tertiary/aromatic N) is 4. The molecule has 2 aliphatic heterocycles. The van der Waals surface area contributed by atoms with E-state index in [0.717, 1.165) is 38.4 Å². The number of carbonyl (C=O) groups is 1. The summed E-state index contributed by atoms with van der Waals surface area (Å²) >= 11 is 0. The van der Waals surface area contributed by atoms with Gasteiger partial charge in [0.05, 0.1) is 18.0 Å². The van der Waals surface area contributed by atoms with Gasteiger partial charge in [0.15, 0.2) is 5.82 Å². The lowest BCUT2D eigenvalue weighted by Gasteiger charge is -2.34. The number of aryl methyl sites for hydroxylation is 1. The summed E-state index contributed by atoms with van der Waals surface area (Å²) < 4.78 is 5.52. The number of piperidine rings is 1. The fourth-order valence-corrected chi connectivity index (χ4v) is 3.14. The number of hydrogen-bond donors (Lipinski definition) is 1. The molecule has 0 bridgehead atoms. The standard InChI is InChI=1S/C15H23N5O2/c1-10-6-13(14(18-17-10)19(2)3)16-15(21)20-5-4-11-8-22-9-12(11)7-20/h6,11-12H,4-5,7-9H2,1-3H3,(H,16,17,21). The van der Waals surface area contributed by atoms with E-state index in [1.807, 2.05) is 36.9 Å². The van der Waals surface area contributed by atoms with Crippen molar-refractivity contribution in [3.05, 3.63) is 11.8 Å². The van der Waals surface area contributed by atoms with E-state index in [-0.39, 0.29) is 6.03 Å². The molecule has 1 N–H and O–H groups in total. The number of urea groups is 1. The van der Waals surface area contributed by atoms with Crippen molar-refractivity contribution in [2.75, 3.05) is 50.6 Å². The number of amides is 2. The first kappa shape index (κ1) is 15.0. The zero-order valence-electron chi connectivity index (χ0n) is 13.4. The van der Waals surface area contributed by atoms with Crippen molar-refractivity contribution in [1.29, 1.82) is 0 Å². The van der Waals surface area contributed by atoms with Gasteiger partial charge in [-0.25, -0.2) is 4.79 Å². The molecule has 0 radical (unpaired) electrons. The summed E-state index contributed by atoms with van der Waals surface area (Å²) in [5.74, 6) is 1.76. The highest BCUT2D eigenvalue weighted by molar-refractivity contribution is 5.92. The van der Waals surface area contributed by atoms with Crippen molar-refractivity contribution < 1.29 is 9.53 Å². The SMILES string of the molecule is Cc1cc(NC(=O)N2CCC3COCC3C2)c(N(C)C)nn1. The first-order chi connectivity index (χ1) is 10.5. The van der Waals surface area contributed by atoms with Gasteiger partial charge in [-0.15, -0.1) is 5.10 Å². The van der Waals surface area contributed by atoms with Crippen LogP contribution in [0.2, 0.25) is 0 Å². The Morgan fingerprint density at radius 2 is 2.14 bits per heavy atom. The van der Waals surface area contributed by atoms with Crippen LogP contribution < -0.4 is 10.2 Å². The molecule has 7 heteroatoms. The van der Waals surface area contributed by atoms with Crippen molar-refractivity contribution in [3.63, 3.8) is 0 Å². The average Bonchev–Trinajstić information content (AvgIpc) is 2.94. The van der Waals surface area contributed by atoms with Crippen molar-refractivity contribution in [2.45, 2.75) is 13.3 Å². The van der Waals surface area contributed by atoms with Crippen molar-refractivity contribution in [3.8, 4) is 0 Å². The Balaban J connectivity index is 1.70. The van der Waals surface area contributed by atoms with Crippen LogP contribution >= 0.6 is 0 Å². The van der Waals surface area contributed by atoms with Gasteiger partial charge in [-0.1, -0.05) is 0 Å². The lowest BCUT2D eigenvalue weighted by molar-refractivity contribution is 0.160. The zero-order valence-corrected chi connectivity index (χ0v) is 13.4. The van der Waals surface area contributed by atoms with Crippen molar-refractivity contribution >= 4 is 17.5 Å². The van der Waals surface area contributed by atoms with Crippen LogP contribution in [-0.2, 0) is 4.74 Å². The van der Waals surface area contributed by atoms with E-state index in [9.17, 15) is 4.79 Å². The topological polar surface area (TPSA) is 70.6 Å². The van der Waals surface area contributed by atoms with Gasteiger partial charge < -0.3 is 19.9 Å². The largest absolute Gasteiger partial charge is 0.381 e. The smallest absolute Gasteiger partial charge is 0.321 e. The van der Waals surface area contributed by atoms with Gasteiger partial charge in [-0.3, -0.25) is 0 Å². The highest BCUT2D eigenvalue weighted by atomic mass is 16.5. The number of rotatable bonds is 2. The molecule has 0 saturated carbocycles. The van der Waals surface area contributed by atoms with Crippen LogP contribution in [-0.4, -0.2) is 61.5 Å². The summed E-state index contributed by atoms with van der Waals surface area (Å²) in [4.78, 5) is 16.3. The molecule has 3 heterocycles. The van der Waals surface area contributed by atoms with E-state index in [0.29, 0.717) is 23.3 Å². The molecular formula is C15H23N5O2. The normalized spacial score (nSPS) is 24.0. The van der Waals surface area contributed by atoms with Gasteiger partial charge in [0, 0.05) is 39.7 Å². The molecule has 22 heavy (non-hydrogen) atoms. The number of fused-ring (bicyclic) bond motifs is 1. The number of anilines is 2. The van der Waals surface area contributed by atoms with Gasteiger partial charge in [0.1, 0.15) is 0 Å². The van der Waals surface area contributed by atoms with Crippen LogP contribution in [0.15, 0.2) is 6.07 Å². The molecule has 0 aliphatic carbocycles. The minimum atomic E-state index is -0.0687. The molecule has 2 atom stereocenters. The van der Waals surface area contributed by atoms with Gasteiger partial charge in [-0.2, -0.15) is 5.10 Å². The maximum Gasteiger partial charge on any atom is 0.321 e. The highest BCUT2D eigenvalue weighted by Crippen LogP contribution is 2.30. The van der Waals surface area contributed by atoms with Crippen LogP contribution in [0.4, 0.5) is 16.3 Å². The summed E-state index contributed by atoms with van der Waals surface area (Å²) in [5.41, 5.74) is 1.48. The van der Waals surface area contributed by atoms with E-state index < -0.39 is 0 Å². The summed E-state index contributed by atoms with van der Waals surface area (Å²) in [6.45, 7) is 5.03. The summed E-state index contributed by atoms with van der Waals surface area (Å²) in [6.07, 6.45) is 1.02. The minimum Gasteiger partial charge on any atom is -0.381 e. The minimum absolute atomic E-state index is 0.0687. The third kappa shape index (κ3) is 2.99. The second-order valence-electron chi connectivity index (χ2n) is 6.34. The van der Waals surface area contributed by atoms with Crippen LogP contribution in [0, 0.1) is 18.8 Å². The molecular weight excluding hydrogens is 282 g/mol. The summed E-state index contributed by atoms with van der Waals surface area (Å²) in [5, 5.41) is 11.2. The average molecular weight is 305 g/mol. The van der Waals surface area contributed by atoms with E-state index in [2.05, 4.69) is 15.5 Å². The number of nitrogens with one attached hydrogen (secondary N) is 1. The molecule has 2 amide bonds. The number of likely N-dealkylation sites (tertiary alicyclic amines) is 1. The zero-order chi connectivity index (χ0) is 15.7. The number of aromatic nitrogens is 2. The predicted molar refractivity (Wildman–Crippen MR) is 84.1 cm³/mol. The van der Waals surface area contributed by atoms with Gasteiger partial charge in [-0.05, 0) is 25.3 Å². The van der Waals surface area contributed by atoms with E-state index in [1.54, 1.807) is 0 Å². The van der Waals surface area contributed by atoms with Gasteiger partial charge in [0.25, 0.3) is 0 Å². The number of ether oxygens (including phenoxy) is 1. The summed E-state index contributed by atoms with van der Waals surface area (Å²) in [7, 11) is 3.77. The first-order valence-corrected chi connectivity index (χ1v) is 7.70. The molecule has 0 spiro atoms. The molecule has 1 aromatic heterocycles. The highest BCUT2D eigenvalue weighted by Gasteiger charge is 2.35. The lowest BCUT2D eigenvalue weighted by Crippen LogP contribution is -2.45. The number of carbonyl (C=O) groups excluding carboxylic acids is 1. The fourth-order valence-electron chi connectivity index (χ4n) is 3.14. The monoisotopic (exact) mass is 305 g/mol. The third-order valence-corrected chi connectivity index (χ3v) is 4.40. The molecule has 2 aliphatic rings.